The minimum Gasteiger partial charge on any atom is -0.480 e. The topological polar surface area (TPSA) is 153 Å². The Labute approximate surface area is 206 Å². The maximum absolute atomic E-state index is 14.8. The number of benzene rings is 1. The highest BCUT2D eigenvalue weighted by atomic mass is 32.2. The number of nitrogens with zero attached hydrogens (tertiary/aromatic N) is 5. The summed E-state index contributed by atoms with van der Waals surface area (Å²) in [6, 6.07) is 1.89. The van der Waals surface area contributed by atoms with Crippen molar-refractivity contribution in [3.05, 3.63) is 42.0 Å². The van der Waals surface area contributed by atoms with Gasteiger partial charge in [0.2, 0.25) is 5.91 Å². The average molecular weight is 523 g/mol. The number of carboxylic acids is 1. The van der Waals surface area contributed by atoms with Crippen LogP contribution in [0.15, 0.2) is 30.6 Å². The van der Waals surface area contributed by atoms with Gasteiger partial charge in [-0.1, -0.05) is 11.3 Å². The van der Waals surface area contributed by atoms with Gasteiger partial charge >= 0.3 is 5.97 Å². The summed E-state index contributed by atoms with van der Waals surface area (Å²) in [5.74, 6) is -2.45. The molecule has 4 rings (SSSR count). The van der Waals surface area contributed by atoms with Crippen molar-refractivity contribution in [1.82, 2.24) is 14.9 Å². The molecule has 2 aromatic heterocycles. The summed E-state index contributed by atoms with van der Waals surface area (Å²) in [4.78, 5) is 36.4. The summed E-state index contributed by atoms with van der Waals surface area (Å²) in [6.07, 6.45) is 2.69. The highest BCUT2D eigenvalue weighted by Gasteiger charge is 2.44. The van der Waals surface area contributed by atoms with E-state index in [1.54, 1.807) is 25.1 Å². The quantitative estimate of drug-likeness (QED) is 0.375. The maximum Gasteiger partial charge on any atom is 0.326 e. The van der Waals surface area contributed by atoms with Gasteiger partial charge in [-0.3, -0.25) is 9.35 Å². The fourth-order valence-corrected chi connectivity index (χ4v) is 5.79. The number of pyridine rings is 1. The minimum atomic E-state index is -2.55. The summed E-state index contributed by atoms with van der Waals surface area (Å²) in [5, 5.41) is 11.8. The molecule has 0 saturated carbocycles. The molecule has 3 aromatic rings. The number of thiazole rings is 1. The van der Waals surface area contributed by atoms with Crippen LogP contribution in [-0.2, 0) is 27.3 Å². The molecule has 1 saturated heterocycles. The van der Waals surface area contributed by atoms with Gasteiger partial charge in [0.25, 0.3) is 11.3 Å². The number of rotatable bonds is 8. The van der Waals surface area contributed by atoms with E-state index < -0.39 is 41.0 Å². The number of carboxylic acid groups (broad SMARTS) is 1. The van der Waals surface area contributed by atoms with Crippen molar-refractivity contribution in [2.24, 2.45) is 0 Å². The van der Waals surface area contributed by atoms with E-state index in [4.69, 9.17) is 5.73 Å². The van der Waals surface area contributed by atoms with Gasteiger partial charge in [-0.2, -0.15) is 0 Å². The molecule has 1 aliphatic rings. The predicted molar refractivity (Wildman–Crippen MR) is 131 cm³/mol. The van der Waals surface area contributed by atoms with Crippen LogP contribution in [0, 0.1) is 5.82 Å². The number of carbonyl (C=O) groups excluding carboxylic acids is 1. The first-order valence-corrected chi connectivity index (χ1v) is 12.4. The SMILES string of the molecule is CN(C)c1ncc(N([C@H]2CCN([C@H](Cc3cc4ccnc(N)c4cc3F)C(=O)O)C2=O)S(=O)O)s1. The standard InChI is InChI=1S/C21H23FN6O5S2/c1-26(2)21-25-10-17(34-21)28(35(32)33)15-4-6-27(19(15)29)16(20(30)31)8-12-7-11-3-5-24-18(23)13(11)9-14(12)22/h3,5,7,9-10,15-16H,4,6,8H2,1-2H3,(H2,23,24)(H,30,31)(H,32,33)/t15-,16+/m0/s1. The largest absolute Gasteiger partial charge is 0.480 e. The Kier molecular flexibility index (Phi) is 6.87. The zero-order chi connectivity index (χ0) is 25.4. The number of fused-ring (bicyclic) bond motifs is 1. The maximum atomic E-state index is 14.8. The number of likely N-dealkylation sites (tertiary alicyclic amines) is 1. The number of nitrogen functional groups attached to an aromatic ring is 1. The highest BCUT2D eigenvalue weighted by Crippen LogP contribution is 2.34. The van der Waals surface area contributed by atoms with Gasteiger partial charge in [-0.15, -0.1) is 0 Å². The van der Waals surface area contributed by atoms with Gasteiger partial charge in [0.1, 0.15) is 28.7 Å². The number of amides is 1. The third kappa shape index (κ3) is 4.76. The molecule has 0 aliphatic carbocycles. The van der Waals surface area contributed by atoms with Crippen molar-refractivity contribution in [2.45, 2.75) is 24.9 Å². The van der Waals surface area contributed by atoms with Crippen LogP contribution in [0.2, 0.25) is 0 Å². The van der Waals surface area contributed by atoms with Crippen LogP contribution in [0.25, 0.3) is 10.8 Å². The molecule has 4 N–H and O–H groups in total. The number of anilines is 3. The molecule has 3 atom stereocenters. The van der Waals surface area contributed by atoms with E-state index in [0.717, 1.165) is 20.5 Å². The molecule has 35 heavy (non-hydrogen) atoms. The summed E-state index contributed by atoms with van der Waals surface area (Å²) >= 11 is -1.43. The first-order valence-electron chi connectivity index (χ1n) is 10.5. The highest BCUT2D eigenvalue weighted by molar-refractivity contribution is 7.81. The molecule has 0 radical (unpaired) electrons. The van der Waals surface area contributed by atoms with E-state index in [9.17, 15) is 27.8 Å². The zero-order valence-electron chi connectivity index (χ0n) is 18.8. The average Bonchev–Trinajstić information content (AvgIpc) is 3.41. The van der Waals surface area contributed by atoms with Crippen molar-refractivity contribution >= 4 is 61.2 Å². The van der Waals surface area contributed by atoms with Crippen LogP contribution < -0.4 is 14.9 Å². The fourth-order valence-electron chi connectivity index (χ4n) is 4.08. The van der Waals surface area contributed by atoms with Gasteiger partial charge in [-0.25, -0.2) is 27.7 Å². The molecule has 0 spiro atoms. The fraction of sp³-hybridized carbons (Fsp3) is 0.333. The molecule has 3 heterocycles. The van der Waals surface area contributed by atoms with Crippen molar-refractivity contribution in [3.8, 4) is 0 Å². The first kappa shape index (κ1) is 24.8. The number of carbonyl (C=O) groups is 2. The second kappa shape index (κ2) is 9.71. The van der Waals surface area contributed by atoms with E-state index in [-0.39, 0.29) is 30.8 Å². The molecular formula is C21H23FN6O5S2. The first-order chi connectivity index (χ1) is 16.6. The predicted octanol–water partition coefficient (Wildman–Crippen LogP) is 1.72. The molecule has 1 aliphatic heterocycles. The Bertz CT molecular complexity index is 1320. The number of nitrogens with two attached hydrogens (primary N) is 1. The van der Waals surface area contributed by atoms with Crippen molar-refractivity contribution in [3.63, 3.8) is 0 Å². The van der Waals surface area contributed by atoms with Gasteiger partial charge in [-0.05, 0) is 35.6 Å². The molecular weight excluding hydrogens is 499 g/mol. The third-order valence-electron chi connectivity index (χ3n) is 5.78. The summed E-state index contributed by atoms with van der Waals surface area (Å²) in [7, 11) is 3.53. The Morgan fingerprint density at radius 2 is 2.14 bits per heavy atom. The van der Waals surface area contributed by atoms with Gasteiger partial charge in [0.05, 0.1) is 6.20 Å². The van der Waals surface area contributed by atoms with Crippen LogP contribution in [-0.4, -0.2) is 73.3 Å². The minimum absolute atomic E-state index is 0.0274. The van der Waals surface area contributed by atoms with E-state index in [1.807, 2.05) is 0 Å². The van der Waals surface area contributed by atoms with Gasteiger partial charge in [0.15, 0.2) is 5.13 Å². The Morgan fingerprint density at radius 3 is 2.77 bits per heavy atom. The van der Waals surface area contributed by atoms with Crippen molar-refractivity contribution < 1.29 is 27.8 Å². The molecule has 1 unspecified atom stereocenters. The van der Waals surface area contributed by atoms with Crippen LogP contribution in [0.3, 0.4) is 0 Å². The summed E-state index contributed by atoms with van der Waals surface area (Å²) in [6.45, 7) is 0.0274. The van der Waals surface area contributed by atoms with Crippen LogP contribution in [0.4, 0.5) is 20.3 Å². The smallest absolute Gasteiger partial charge is 0.326 e. The molecule has 1 fully saturated rings. The molecule has 186 valence electrons. The molecule has 0 bridgehead atoms. The summed E-state index contributed by atoms with van der Waals surface area (Å²) < 4.78 is 38.0. The lowest BCUT2D eigenvalue weighted by Crippen LogP contribution is -2.48. The van der Waals surface area contributed by atoms with Gasteiger partial charge < -0.3 is 20.6 Å². The second-order valence-electron chi connectivity index (χ2n) is 8.19. The van der Waals surface area contributed by atoms with Crippen LogP contribution in [0.1, 0.15) is 12.0 Å². The lowest BCUT2D eigenvalue weighted by atomic mass is 10.0. The van der Waals surface area contributed by atoms with E-state index >= 15 is 0 Å². The lowest BCUT2D eigenvalue weighted by Gasteiger charge is -2.27. The Morgan fingerprint density at radius 1 is 1.40 bits per heavy atom. The van der Waals surface area contributed by atoms with Crippen LogP contribution in [0.5, 0.6) is 0 Å². The molecule has 14 heteroatoms. The Hall–Kier alpha value is -3.36. The number of aliphatic carboxylic acids is 1. The molecule has 11 nitrogen and oxygen atoms in total. The normalized spacial score (nSPS) is 17.5. The van der Waals surface area contributed by atoms with E-state index in [2.05, 4.69) is 9.97 Å². The number of halogens is 1. The van der Waals surface area contributed by atoms with Gasteiger partial charge in [0, 0.05) is 38.6 Å². The zero-order valence-corrected chi connectivity index (χ0v) is 20.4. The monoisotopic (exact) mass is 522 g/mol. The molecule has 1 aromatic carbocycles. The number of hydrogen-bond donors (Lipinski definition) is 3. The second-order valence-corrected chi connectivity index (χ2v) is 10.0. The van der Waals surface area contributed by atoms with E-state index in [0.29, 0.717) is 20.9 Å². The molecule has 1 amide bonds. The van der Waals surface area contributed by atoms with E-state index in [1.165, 1.54) is 24.5 Å². The number of aromatic nitrogens is 2. The summed E-state index contributed by atoms with van der Waals surface area (Å²) in [5.41, 5.74) is 5.90. The lowest BCUT2D eigenvalue weighted by molar-refractivity contribution is -0.148. The van der Waals surface area contributed by atoms with Crippen molar-refractivity contribution in [1.29, 1.82) is 0 Å². The van der Waals surface area contributed by atoms with Crippen molar-refractivity contribution in [2.75, 3.05) is 35.6 Å². The van der Waals surface area contributed by atoms with Crippen LogP contribution >= 0.6 is 11.3 Å². The number of hydrogen-bond acceptors (Lipinski definition) is 8. The third-order valence-corrected chi connectivity index (χ3v) is 7.85. The Balaban J connectivity index is 1.61.